The molecule has 39 heavy (non-hydrogen) atoms. The molecule has 5 rings (SSSR count). The van der Waals surface area contributed by atoms with Crippen LogP contribution in [0, 0.1) is 12.3 Å². The van der Waals surface area contributed by atoms with Gasteiger partial charge in [-0.15, -0.1) is 0 Å². The van der Waals surface area contributed by atoms with Crippen molar-refractivity contribution in [2.75, 3.05) is 52.9 Å². The molecule has 2 saturated heterocycles. The van der Waals surface area contributed by atoms with E-state index >= 15 is 0 Å². The van der Waals surface area contributed by atoms with E-state index in [-0.39, 0.29) is 11.3 Å². The van der Waals surface area contributed by atoms with Crippen LogP contribution in [0.3, 0.4) is 0 Å². The highest BCUT2D eigenvalue weighted by molar-refractivity contribution is 6.31. The fraction of sp³-hybridized carbons (Fsp3) is 0.531. The quantitative estimate of drug-likeness (QED) is 0.336. The lowest BCUT2D eigenvalue weighted by atomic mass is 9.77. The van der Waals surface area contributed by atoms with Crippen LogP contribution in [0.4, 0.5) is 0 Å². The number of carbonyl (C=O) groups excluding carboxylic acids is 1. The largest absolute Gasteiger partial charge is 0.493 e. The molecular formula is C32H43ClN4O2. The third kappa shape index (κ3) is 6.62. The molecule has 3 heterocycles. The van der Waals surface area contributed by atoms with Crippen LogP contribution in [0.1, 0.15) is 43.7 Å². The van der Waals surface area contributed by atoms with Crippen molar-refractivity contribution in [3.63, 3.8) is 0 Å². The average molecular weight is 551 g/mol. The van der Waals surface area contributed by atoms with Crippen LogP contribution in [0.15, 0.2) is 48.7 Å². The van der Waals surface area contributed by atoms with Crippen molar-refractivity contribution in [2.24, 2.45) is 5.41 Å². The number of aromatic nitrogens is 1. The van der Waals surface area contributed by atoms with Crippen LogP contribution in [0.2, 0.25) is 5.02 Å². The first-order valence-corrected chi connectivity index (χ1v) is 14.9. The fourth-order valence-electron chi connectivity index (χ4n) is 6.31. The van der Waals surface area contributed by atoms with Gasteiger partial charge in [0.05, 0.1) is 6.61 Å². The maximum absolute atomic E-state index is 13.6. The monoisotopic (exact) mass is 550 g/mol. The van der Waals surface area contributed by atoms with Gasteiger partial charge < -0.3 is 19.1 Å². The van der Waals surface area contributed by atoms with Gasteiger partial charge >= 0.3 is 0 Å². The van der Waals surface area contributed by atoms with E-state index in [0.29, 0.717) is 13.0 Å². The van der Waals surface area contributed by atoms with Gasteiger partial charge in [0.15, 0.2) is 0 Å². The minimum Gasteiger partial charge on any atom is -0.493 e. The van der Waals surface area contributed by atoms with Crippen molar-refractivity contribution in [3.05, 3.63) is 64.8 Å². The van der Waals surface area contributed by atoms with E-state index in [2.05, 4.69) is 63.7 Å². The summed E-state index contributed by atoms with van der Waals surface area (Å²) in [7, 11) is 2.13. The lowest BCUT2D eigenvalue weighted by molar-refractivity contribution is -0.137. The summed E-state index contributed by atoms with van der Waals surface area (Å²) in [6.07, 6.45) is 6.03. The number of amides is 1. The Labute approximate surface area is 238 Å². The second kappa shape index (κ2) is 12.3. The second-order valence-corrected chi connectivity index (χ2v) is 12.1. The molecule has 0 N–H and O–H groups in total. The van der Waals surface area contributed by atoms with Crippen molar-refractivity contribution in [1.29, 1.82) is 0 Å². The minimum atomic E-state index is -0.228. The molecule has 7 heteroatoms. The topological polar surface area (TPSA) is 41.0 Å². The molecule has 210 valence electrons. The molecular weight excluding hydrogens is 508 g/mol. The third-order valence-corrected chi connectivity index (χ3v) is 8.95. The third-order valence-electron chi connectivity index (χ3n) is 8.53. The lowest BCUT2D eigenvalue weighted by Gasteiger charge is -2.43. The maximum Gasteiger partial charge on any atom is 0.223 e. The van der Waals surface area contributed by atoms with Gasteiger partial charge in [-0.1, -0.05) is 36.7 Å². The summed E-state index contributed by atoms with van der Waals surface area (Å²) in [5.74, 6) is 1.09. The predicted molar refractivity (Wildman–Crippen MR) is 160 cm³/mol. The number of piperidine rings is 1. The van der Waals surface area contributed by atoms with E-state index < -0.39 is 0 Å². The standard InChI is InChI=1S/C32H43ClN4O2/c1-4-13-37-22-26(28-8-5-6-9-30(28)37)21-35-14-7-12-32(23-35,20-31(38)36-17-15-34(3)16-18-36)24-39-27-10-11-29(33)25(2)19-27/h5-6,8-11,19,22H,4,7,12-18,20-21,23-24H2,1-3H3. The zero-order valence-corrected chi connectivity index (χ0v) is 24.6. The van der Waals surface area contributed by atoms with E-state index in [0.717, 1.165) is 88.0 Å². The van der Waals surface area contributed by atoms with E-state index in [4.69, 9.17) is 16.3 Å². The molecule has 0 spiro atoms. The van der Waals surface area contributed by atoms with Crippen molar-refractivity contribution >= 4 is 28.4 Å². The molecule has 2 fully saturated rings. The molecule has 2 aromatic carbocycles. The summed E-state index contributed by atoms with van der Waals surface area (Å²) in [6, 6.07) is 14.6. The summed E-state index contributed by atoms with van der Waals surface area (Å²) in [6.45, 7) is 12.1. The van der Waals surface area contributed by atoms with E-state index in [1.807, 2.05) is 25.1 Å². The van der Waals surface area contributed by atoms with Gasteiger partial charge in [0.1, 0.15) is 5.75 Å². The Balaban J connectivity index is 1.36. The first-order valence-electron chi connectivity index (χ1n) is 14.5. The Morgan fingerprint density at radius 3 is 2.64 bits per heavy atom. The number of para-hydroxylation sites is 1. The molecule has 0 radical (unpaired) electrons. The molecule has 1 unspecified atom stereocenters. The van der Waals surface area contributed by atoms with Gasteiger partial charge in [0, 0.05) is 79.8 Å². The Morgan fingerprint density at radius 1 is 1.08 bits per heavy atom. The van der Waals surface area contributed by atoms with Gasteiger partial charge in [0.2, 0.25) is 5.91 Å². The number of hydrogen-bond acceptors (Lipinski definition) is 4. The van der Waals surface area contributed by atoms with E-state index in [9.17, 15) is 4.79 Å². The molecule has 0 saturated carbocycles. The number of benzene rings is 2. The summed E-state index contributed by atoms with van der Waals surface area (Å²) >= 11 is 6.26. The zero-order chi connectivity index (χ0) is 27.4. The smallest absolute Gasteiger partial charge is 0.223 e. The molecule has 1 atom stereocenters. The Kier molecular flexibility index (Phi) is 8.85. The average Bonchev–Trinajstić information content (AvgIpc) is 3.27. The number of aryl methyl sites for hydroxylation is 2. The molecule has 2 aliphatic heterocycles. The fourth-order valence-corrected chi connectivity index (χ4v) is 6.42. The van der Waals surface area contributed by atoms with Gasteiger partial charge in [-0.2, -0.15) is 0 Å². The van der Waals surface area contributed by atoms with E-state index in [1.165, 1.54) is 16.5 Å². The van der Waals surface area contributed by atoms with Crippen LogP contribution in [0.5, 0.6) is 5.75 Å². The van der Waals surface area contributed by atoms with Crippen molar-refractivity contribution in [1.82, 2.24) is 19.3 Å². The summed E-state index contributed by atoms with van der Waals surface area (Å²) in [5.41, 5.74) is 3.46. The first kappa shape index (κ1) is 28.0. The molecule has 3 aromatic rings. The Hall–Kier alpha value is -2.54. The Bertz CT molecular complexity index is 1280. The van der Waals surface area contributed by atoms with Crippen molar-refractivity contribution < 1.29 is 9.53 Å². The normalized spacial score (nSPS) is 21.0. The minimum absolute atomic E-state index is 0.228. The molecule has 2 aliphatic rings. The first-order chi connectivity index (χ1) is 18.9. The lowest BCUT2D eigenvalue weighted by Crippen LogP contribution is -2.52. The number of ether oxygens (including phenoxy) is 1. The van der Waals surface area contributed by atoms with Crippen LogP contribution in [-0.4, -0.2) is 78.1 Å². The van der Waals surface area contributed by atoms with E-state index in [1.54, 1.807) is 0 Å². The van der Waals surface area contributed by atoms with Gasteiger partial charge in [0.25, 0.3) is 0 Å². The van der Waals surface area contributed by atoms with Gasteiger partial charge in [-0.25, -0.2) is 0 Å². The maximum atomic E-state index is 13.6. The summed E-state index contributed by atoms with van der Waals surface area (Å²) < 4.78 is 8.82. The van der Waals surface area contributed by atoms with Crippen molar-refractivity contribution in [2.45, 2.75) is 52.6 Å². The highest BCUT2D eigenvalue weighted by Gasteiger charge is 2.40. The second-order valence-electron chi connectivity index (χ2n) is 11.7. The number of hydrogen-bond donors (Lipinski definition) is 0. The number of nitrogens with zero attached hydrogens (tertiary/aromatic N) is 4. The number of piperazine rings is 1. The van der Waals surface area contributed by atoms with Gasteiger partial charge in [-0.3, -0.25) is 9.69 Å². The summed E-state index contributed by atoms with van der Waals surface area (Å²) in [4.78, 5) is 20.5. The number of likely N-dealkylation sites (tertiary alicyclic amines) is 1. The van der Waals surface area contributed by atoms with Crippen LogP contribution < -0.4 is 4.74 Å². The predicted octanol–water partition coefficient (Wildman–Crippen LogP) is 5.84. The zero-order valence-electron chi connectivity index (χ0n) is 23.8. The SMILES string of the molecule is CCCn1cc(CN2CCCC(COc3ccc(Cl)c(C)c3)(CC(=O)N3CCN(C)CC3)C2)c2ccccc21. The number of rotatable bonds is 9. The number of fused-ring (bicyclic) bond motifs is 1. The summed E-state index contributed by atoms with van der Waals surface area (Å²) in [5, 5.41) is 2.08. The molecule has 1 aromatic heterocycles. The molecule has 1 amide bonds. The molecule has 0 bridgehead atoms. The molecule has 0 aliphatic carbocycles. The highest BCUT2D eigenvalue weighted by atomic mass is 35.5. The van der Waals surface area contributed by atoms with Gasteiger partial charge in [-0.05, 0) is 75.2 Å². The number of carbonyl (C=O) groups is 1. The van der Waals surface area contributed by atoms with Crippen molar-refractivity contribution in [3.8, 4) is 5.75 Å². The number of likely N-dealkylation sites (N-methyl/N-ethyl adjacent to an activating group) is 1. The van der Waals surface area contributed by atoms with Crippen LogP contribution >= 0.6 is 11.6 Å². The van der Waals surface area contributed by atoms with Crippen LogP contribution in [-0.2, 0) is 17.9 Å². The Morgan fingerprint density at radius 2 is 1.87 bits per heavy atom. The number of halogens is 1. The highest BCUT2D eigenvalue weighted by Crippen LogP contribution is 2.37. The van der Waals surface area contributed by atoms with Crippen LogP contribution in [0.25, 0.3) is 10.9 Å². The molecule has 6 nitrogen and oxygen atoms in total.